The summed E-state index contributed by atoms with van der Waals surface area (Å²) in [5, 5.41) is 20.0. The Morgan fingerprint density at radius 3 is 2.60 bits per heavy atom. The van der Waals surface area contributed by atoms with E-state index in [0.717, 1.165) is 22.9 Å². The van der Waals surface area contributed by atoms with Crippen LogP contribution in [0.4, 0.5) is 0 Å². The lowest BCUT2D eigenvalue weighted by Gasteiger charge is -2.21. The number of nitrogens with zero attached hydrogens (tertiary/aromatic N) is 6. The van der Waals surface area contributed by atoms with E-state index in [-0.39, 0.29) is 11.5 Å². The highest BCUT2D eigenvalue weighted by Gasteiger charge is 2.27. The maximum atomic E-state index is 4.30. The van der Waals surface area contributed by atoms with Crippen LogP contribution in [0.1, 0.15) is 50.1 Å². The van der Waals surface area contributed by atoms with E-state index in [1.54, 1.807) is 7.05 Å². The molecule has 2 rings (SSSR count). The lowest BCUT2D eigenvalue weighted by atomic mass is 9.89. The second-order valence-electron chi connectivity index (χ2n) is 5.75. The highest BCUT2D eigenvalue weighted by molar-refractivity contribution is 7.05. The number of hydrogen-bond donors (Lipinski definition) is 1. The van der Waals surface area contributed by atoms with Crippen molar-refractivity contribution < 1.29 is 0 Å². The second kappa shape index (κ2) is 5.92. The van der Waals surface area contributed by atoms with Crippen molar-refractivity contribution in [2.24, 2.45) is 7.05 Å². The molecule has 110 valence electrons. The molecule has 0 bridgehead atoms. The Bertz CT molecular complexity index is 554. The number of hydrogen-bond acceptors (Lipinski definition) is 7. The maximum absolute atomic E-state index is 4.30. The first-order valence-electron chi connectivity index (χ1n) is 6.70. The van der Waals surface area contributed by atoms with Crippen molar-refractivity contribution in [2.75, 3.05) is 6.54 Å². The minimum atomic E-state index is -0.0220. The van der Waals surface area contributed by atoms with E-state index in [9.17, 15) is 0 Å². The fourth-order valence-corrected chi connectivity index (χ4v) is 2.98. The first-order valence-corrected chi connectivity index (χ1v) is 7.48. The molecule has 1 atom stereocenters. The summed E-state index contributed by atoms with van der Waals surface area (Å²) >= 11 is 1.44. The molecule has 1 N–H and O–H groups in total. The summed E-state index contributed by atoms with van der Waals surface area (Å²) in [5.41, 5.74) is 1.02. The minimum Gasteiger partial charge on any atom is -0.309 e. The van der Waals surface area contributed by atoms with Crippen LogP contribution >= 0.6 is 11.5 Å². The van der Waals surface area contributed by atoms with Crippen molar-refractivity contribution in [3.05, 3.63) is 16.4 Å². The Morgan fingerprint density at radius 2 is 2.05 bits per heavy atom. The predicted molar refractivity (Wildman–Crippen MR) is 77.5 cm³/mol. The molecule has 0 aliphatic carbocycles. The quantitative estimate of drug-likeness (QED) is 0.894. The molecule has 0 spiro atoms. The van der Waals surface area contributed by atoms with Crippen LogP contribution in [-0.2, 0) is 18.9 Å². The normalized spacial score (nSPS) is 13.7. The van der Waals surface area contributed by atoms with Gasteiger partial charge in [0.2, 0.25) is 0 Å². The summed E-state index contributed by atoms with van der Waals surface area (Å²) in [6.45, 7) is 9.40. The van der Waals surface area contributed by atoms with Crippen LogP contribution in [0.2, 0.25) is 0 Å². The topological polar surface area (TPSA) is 81.4 Å². The molecule has 1 unspecified atom stereocenters. The van der Waals surface area contributed by atoms with E-state index in [2.05, 4.69) is 58.0 Å². The van der Waals surface area contributed by atoms with Crippen LogP contribution in [0.15, 0.2) is 0 Å². The largest absolute Gasteiger partial charge is 0.309 e. The molecule has 20 heavy (non-hydrogen) atoms. The number of tetrazole rings is 1. The van der Waals surface area contributed by atoms with Gasteiger partial charge in [-0.3, -0.25) is 0 Å². The van der Waals surface area contributed by atoms with Gasteiger partial charge in [-0.2, -0.15) is 4.80 Å². The summed E-state index contributed by atoms with van der Waals surface area (Å²) in [7, 11) is 1.77. The van der Waals surface area contributed by atoms with E-state index >= 15 is 0 Å². The van der Waals surface area contributed by atoms with Gasteiger partial charge < -0.3 is 5.32 Å². The summed E-state index contributed by atoms with van der Waals surface area (Å²) in [6, 6.07) is 0.124. The number of likely N-dealkylation sites (N-methyl/N-ethyl adjacent to an activating group) is 1. The monoisotopic (exact) mass is 295 g/mol. The number of aromatic nitrogens is 6. The summed E-state index contributed by atoms with van der Waals surface area (Å²) < 4.78 is 4.13. The molecule has 8 heteroatoms. The van der Waals surface area contributed by atoms with Gasteiger partial charge in [-0.15, -0.1) is 15.3 Å². The zero-order chi connectivity index (χ0) is 14.8. The Morgan fingerprint density at radius 1 is 1.30 bits per heavy atom. The van der Waals surface area contributed by atoms with Crippen molar-refractivity contribution in [2.45, 2.75) is 45.6 Å². The highest BCUT2D eigenvalue weighted by Crippen LogP contribution is 2.31. The Balaban J connectivity index is 2.27. The van der Waals surface area contributed by atoms with Gasteiger partial charge in [-0.05, 0) is 23.3 Å². The molecule has 0 fully saturated rings. The lowest BCUT2D eigenvalue weighted by molar-refractivity contribution is 0.507. The molecule has 0 saturated carbocycles. The van der Waals surface area contributed by atoms with E-state index < -0.39 is 0 Å². The number of nitrogens with one attached hydrogen (secondary N) is 1. The average Bonchev–Trinajstić information content (AvgIpc) is 2.96. The van der Waals surface area contributed by atoms with E-state index in [4.69, 9.17) is 0 Å². The fourth-order valence-electron chi connectivity index (χ4n) is 2.04. The van der Waals surface area contributed by atoms with Gasteiger partial charge in [0.15, 0.2) is 5.82 Å². The van der Waals surface area contributed by atoms with Crippen molar-refractivity contribution in [1.82, 2.24) is 35.1 Å². The number of rotatable bonds is 5. The molecule has 0 amide bonds. The van der Waals surface area contributed by atoms with E-state index in [1.165, 1.54) is 16.3 Å². The van der Waals surface area contributed by atoms with Crippen LogP contribution in [0.5, 0.6) is 0 Å². The molecule has 0 aliphatic rings. The van der Waals surface area contributed by atoms with Crippen LogP contribution in [0.25, 0.3) is 0 Å². The SMILES string of the molecule is CCNC(Cc1nnn(C)n1)c1snnc1C(C)(C)C. The summed E-state index contributed by atoms with van der Waals surface area (Å²) in [6.07, 6.45) is 0.689. The Hall–Kier alpha value is -1.41. The van der Waals surface area contributed by atoms with Gasteiger partial charge in [-0.25, -0.2) is 0 Å². The van der Waals surface area contributed by atoms with Crippen molar-refractivity contribution >= 4 is 11.5 Å². The van der Waals surface area contributed by atoms with Gasteiger partial charge >= 0.3 is 0 Å². The van der Waals surface area contributed by atoms with Gasteiger partial charge in [0.1, 0.15) is 0 Å². The van der Waals surface area contributed by atoms with E-state index in [1.807, 2.05) is 0 Å². The van der Waals surface area contributed by atoms with Crippen molar-refractivity contribution in [3.63, 3.8) is 0 Å². The Labute approximate surface area is 122 Å². The van der Waals surface area contributed by atoms with E-state index in [0.29, 0.717) is 6.42 Å². The van der Waals surface area contributed by atoms with Crippen molar-refractivity contribution in [1.29, 1.82) is 0 Å². The number of aryl methyl sites for hydroxylation is 1. The van der Waals surface area contributed by atoms with Crippen LogP contribution in [0.3, 0.4) is 0 Å². The predicted octanol–water partition coefficient (Wildman–Crippen LogP) is 1.25. The summed E-state index contributed by atoms with van der Waals surface area (Å²) in [4.78, 5) is 2.64. The second-order valence-corrected chi connectivity index (χ2v) is 6.53. The molecular weight excluding hydrogens is 274 g/mol. The average molecular weight is 295 g/mol. The fraction of sp³-hybridized carbons (Fsp3) is 0.750. The standard InChI is InChI=1S/C12H21N7S/c1-6-13-8(7-9-14-17-19(5)16-9)10-11(12(2,3)4)15-18-20-10/h8,13H,6-7H2,1-5H3. The molecule has 0 aliphatic heterocycles. The van der Waals surface area contributed by atoms with Gasteiger partial charge in [0.25, 0.3) is 0 Å². The third-order valence-electron chi connectivity index (χ3n) is 2.93. The zero-order valence-electron chi connectivity index (χ0n) is 12.6. The molecule has 2 aromatic rings. The molecule has 0 saturated heterocycles. The third kappa shape index (κ3) is 3.37. The highest BCUT2D eigenvalue weighted by atomic mass is 32.1. The third-order valence-corrected chi connectivity index (χ3v) is 3.77. The first-order chi connectivity index (χ1) is 9.41. The molecule has 2 heterocycles. The van der Waals surface area contributed by atoms with Gasteiger partial charge in [-0.1, -0.05) is 32.2 Å². The molecule has 2 aromatic heterocycles. The minimum absolute atomic E-state index is 0.0220. The van der Waals surface area contributed by atoms with Gasteiger partial charge in [0.05, 0.1) is 23.7 Å². The van der Waals surface area contributed by atoms with Crippen LogP contribution in [-0.4, -0.2) is 36.3 Å². The zero-order valence-corrected chi connectivity index (χ0v) is 13.4. The maximum Gasteiger partial charge on any atom is 0.176 e. The summed E-state index contributed by atoms with van der Waals surface area (Å²) in [5.74, 6) is 0.728. The molecular formula is C12H21N7S. The van der Waals surface area contributed by atoms with Gasteiger partial charge in [0, 0.05) is 11.8 Å². The Kier molecular flexibility index (Phi) is 4.44. The first kappa shape index (κ1) is 15.0. The van der Waals surface area contributed by atoms with Crippen LogP contribution in [0, 0.1) is 0 Å². The van der Waals surface area contributed by atoms with Crippen LogP contribution < -0.4 is 5.32 Å². The molecule has 0 radical (unpaired) electrons. The smallest absolute Gasteiger partial charge is 0.176 e. The molecule has 0 aromatic carbocycles. The lowest BCUT2D eigenvalue weighted by Crippen LogP contribution is -2.26. The molecule has 7 nitrogen and oxygen atoms in total. The van der Waals surface area contributed by atoms with Crippen molar-refractivity contribution in [3.8, 4) is 0 Å².